The van der Waals surface area contributed by atoms with E-state index < -0.39 is 10.0 Å². The molecular formula is C21H35NO3S. The van der Waals surface area contributed by atoms with Crippen LogP contribution in [0.4, 0.5) is 0 Å². The molecule has 1 saturated heterocycles. The Labute approximate surface area is 159 Å². The number of sulfonamides is 1. The lowest BCUT2D eigenvalue weighted by molar-refractivity contribution is -0.133. The Morgan fingerprint density at radius 1 is 1.31 bits per heavy atom. The highest BCUT2D eigenvalue weighted by Crippen LogP contribution is 2.70. The smallest absolute Gasteiger partial charge is 0.239 e. The van der Waals surface area contributed by atoms with Gasteiger partial charge in [-0.05, 0) is 43.4 Å². The third-order valence-corrected chi connectivity index (χ3v) is 9.75. The molecule has 3 rings (SSSR count). The van der Waals surface area contributed by atoms with Gasteiger partial charge in [0.25, 0.3) is 0 Å². The fraction of sp³-hybridized carbons (Fsp3) is 0.857. The van der Waals surface area contributed by atoms with Crippen LogP contribution in [0.25, 0.3) is 0 Å². The summed E-state index contributed by atoms with van der Waals surface area (Å²) in [5.74, 6) is 0.306. The number of unbranched alkanes of at least 4 members (excludes halogenated alkanes) is 3. The van der Waals surface area contributed by atoms with E-state index in [4.69, 9.17) is 0 Å². The molecule has 3 aliphatic rings. The minimum Gasteiger partial charge on any atom is -0.273 e. The number of carbonyl (C=O) groups excluding carboxylic acids is 1. The third kappa shape index (κ3) is 2.85. The van der Waals surface area contributed by atoms with Crippen LogP contribution in [0.1, 0.15) is 78.6 Å². The predicted octanol–water partition coefficient (Wildman–Crippen LogP) is 4.52. The minimum absolute atomic E-state index is 0.00876. The molecule has 2 saturated carbocycles. The Morgan fingerprint density at radius 2 is 2.04 bits per heavy atom. The molecule has 4 unspecified atom stereocenters. The van der Waals surface area contributed by atoms with Crippen LogP contribution in [0.5, 0.6) is 0 Å². The van der Waals surface area contributed by atoms with Crippen LogP contribution in [-0.4, -0.2) is 30.4 Å². The van der Waals surface area contributed by atoms with Crippen LogP contribution in [0.3, 0.4) is 0 Å². The first-order valence-electron chi connectivity index (χ1n) is 10.4. The van der Waals surface area contributed by atoms with Crippen LogP contribution in [0.2, 0.25) is 0 Å². The molecule has 1 amide bonds. The molecule has 0 aromatic rings. The maximum absolute atomic E-state index is 13.3. The number of rotatable bonds is 8. The number of nitrogens with zero attached hydrogens (tertiary/aromatic N) is 1. The molecule has 0 aromatic carbocycles. The van der Waals surface area contributed by atoms with E-state index in [1.807, 2.05) is 0 Å². The number of fused-ring (bicyclic) bond motifs is 1. The molecule has 26 heavy (non-hydrogen) atoms. The molecule has 1 heterocycles. The zero-order chi connectivity index (χ0) is 19.2. The van der Waals surface area contributed by atoms with Gasteiger partial charge in [0.05, 0.1) is 11.8 Å². The van der Waals surface area contributed by atoms with Gasteiger partial charge in [0.15, 0.2) is 0 Å². The average Bonchev–Trinajstić information content (AvgIpc) is 3.04. The van der Waals surface area contributed by atoms with E-state index in [2.05, 4.69) is 27.4 Å². The van der Waals surface area contributed by atoms with Crippen molar-refractivity contribution < 1.29 is 13.2 Å². The van der Waals surface area contributed by atoms with E-state index >= 15 is 0 Å². The average molecular weight is 382 g/mol. The summed E-state index contributed by atoms with van der Waals surface area (Å²) in [5.41, 5.74) is -0.220. The van der Waals surface area contributed by atoms with Gasteiger partial charge in [-0.25, -0.2) is 12.7 Å². The largest absolute Gasteiger partial charge is 0.273 e. The van der Waals surface area contributed by atoms with Crippen molar-refractivity contribution in [2.75, 3.05) is 5.75 Å². The predicted molar refractivity (Wildman–Crippen MR) is 105 cm³/mol. The molecule has 1 spiro atoms. The Morgan fingerprint density at radius 3 is 2.65 bits per heavy atom. The fourth-order valence-corrected chi connectivity index (χ4v) is 8.72. The van der Waals surface area contributed by atoms with Crippen LogP contribution < -0.4 is 0 Å². The Hall–Kier alpha value is -0.840. The Balaban J connectivity index is 1.82. The van der Waals surface area contributed by atoms with E-state index in [9.17, 15) is 13.2 Å². The van der Waals surface area contributed by atoms with Gasteiger partial charge in [-0.15, -0.1) is 6.58 Å². The molecule has 4 nitrogen and oxygen atoms in total. The Kier molecular flexibility index (Phi) is 5.33. The normalized spacial score (nSPS) is 34.7. The zero-order valence-corrected chi connectivity index (χ0v) is 17.5. The van der Waals surface area contributed by atoms with Crippen molar-refractivity contribution in [1.29, 1.82) is 0 Å². The van der Waals surface area contributed by atoms with E-state index in [0.29, 0.717) is 12.3 Å². The molecular weight excluding hydrogens is 346 g/mol. The molecule has 148 valence electrons. The van der Waals surface area contributed by atoms with Gasteiger partial charge in [0, 0.05) is 11.3 Å². The maximum atomic E-state index is 13.3. The lowest BCUT2D eigenvalue weighted by Crippen LogP contribution is -2.46. The monoisotopic (exact) mass is 381 g/mol. The summed E-state index contributed by atoms with van der Waals surface area (Å²) in [6.07, 6.45) is 10.4. The second-order valence-electron chi connectivity index (χ2n) is 9.33. The van der Waals surface area contributed by atoms with Crippen molar-refractivity contribution in [2.24, 2.45) is 22.7 Å². The number of amides is 1. The van der Waals surface area contributed by atoms with E-state index in [-0.39, 0.29) is 34.4 Å². The zero-order valence-electron chi connectivity index (χ0n) is 16.7. The first-order chi connectivity index (χ1) is 12.2. The molecule has 0 radical (unpaired) electrons. The second-order valence-corrected chi connectivity index (χ2v) is 11.2. The van der Waals surface area contributed by atoms with Gasteiger partial charge in [-0.3, -0.25) is 4.79 Å². The van der Waals surface area contributed by atoms with Crippen LogP contribution >= 0.6 is 0 Å². The second kappa shape index (κ2) is 6.96. The van der Waals surface area contributed by atoms with Crippen molar-refractivity contribution in [1.82, 2.24) is 4.31 Å². The molecule has 0 N–H and O–H groups in total. The summed E-state index contributed by atoms with van der Waals surface area (Å²) in [4.78, 5) is 13.3. The summed E-state index contributed by atoms with van der Waals surface area (Å²) in [7, 11) is -3.51. The molecule has 4 atom stereocenters. The fourth-order valence-electron chi connectivity index (χ4n) is 6.12. The van der Waals surface area contributed by atoms with Gasteiger partial charge in [0.2, 0.25) is 15.9 Å². The summed E-state index contributed by atoms with van der Waals surface area (Å²) in [5, 5.41) is 0. The van der Waals surface area contributed by atoms with Gasteiger partial charge < -0.3 is 0 Å². The summed E-state index contributed by atoms with van der Waals surface area (Å²) in [6, 6.07) is -0.114. The summed E-state index contributed by atoms with van der Waals surface area (Å²) >= 11 is 0. The lowest BCUT2D eigenvalue weighted by Gasteiger charge is -2.37. The van der Waals surface area contributed by atoms with Gasteiger partial charge in [-0.2, -0.15) is 0 Å². The summed E-state index contributed by atoms with van der Waals surface area (Å²) in [6.45, 7) is 10.4. The molecule has 2 aliphatic carbocycles. The van der Waals surface area contributed by atoms with E-state index in [0.717, 1.165) is 44.9 Å². The maximum Gasteiger partial charge on any atom is 0.239 e. The topological polar surface area (TPSA) is 54.5 Å². The minimum atomic E-state index is -3.51. The standard InChI is InChI=1S/C21H35NO3S/c1-5-7-8-9-11-16(10-6-2)19(23)22-18-14-17-12-13-21(18,20(17,3)4)15-26(22,24)25/h6,16-18H,2,5,7-15H2,1,3-4H3. The van der Waals surface area contributed by atoms with Crippen molar-refractivity contribution in [3.63, 3.8) is 0 Å². The molecule has 1 aliphatic heterocycles. The Bertz CT molecular complexity index is 669. The highest BCUT2D eigenvalue weighted by molar-refractivity contribution is 7.90. The number of carbonyl (C=O) groups is 1. The van der Waals surface area contributed by atoms with Crippen LogP contribution in [-0.2, 0) is 14.8 Å². The van der Waals surface area contributed by atoms with Crippen LogP contribution in [0.15, 0.2) is 12.7 Å². The highest BCUT2D eigenvalue weighted by Gasteiger charge is 2.72. The van der Waals surface area contributed by atoms with Crippen LogP contribution in [0, 0.1) is 22.7 Å². The SMILES string of the molecule is C=CCC(CCCCCC)C(=O)N1C2CC3CCC2(CS1(=O)=O)C3(C)C. The molecule has 2 bridgehead atoms. The van der Waals surface area contributed by atoms with Gasteiger partial charge in [0.1, 0.15) is 0 Å². The summed E-state index contributed by atoms with van der Waals surface area (Å²) < 4.78 is 27.5. The molecule has 5 heteroatoms. The van der Waals surface area contributed by atoms with Crippen molar-refractivity contribution in [2.45, 2.75) is 84.6 Å². The lowest BCUT2D eigenvalue weighted by atomic mass is 9.69. The first kappa shape index (κ1) is 19.9. The van der Waals surface area contributed by atoms with E-state index in [1.54, 1.807) is 6.08 Å². The molecule has 3 fully saturated rings. The molecule has 0 aromatic heterocycles. The number of hydrogen-bond donors (Lipinski definition) is 0. The van der Waals surface area contributed by atoms with Crippen molar-refractivity contribution >= 4 is 15.9 Å². The number of allylic oxidation sites excluding steroid dienone is 1. The number of hydrogen-bond acceptors (Lipinski definition) is 3. The van der Waals surface area contributed by atoms with Crippen molar-refractivity contribution in [3.8, 4) is 0 Å². The quantitative estimate of drug-likeness (QED) is 0.459. The highest BCUT2D eigenvalue weighted by atomic mass is 32.2. The van der Waals surface area contributed by atoms with E-state index in [1.165, 1.54) is 10.7 Å². The van der Waals surface area contributed by atoms with Crippen molar-refractivity contribution in [3.05, 3.63) is 12.7 Å². The third-order valence-electron chi connectivity index (χ3n) is 7.83. The first-order valence-corrected chi connectivity index (χ1v) is 12.0. The van der Waals surface area contributed by atoms with Gasteiger partial charge >= 0.3 is 0 Å². The van der Waals surface area contributed by atoms with Gasteiger partial charge in [-0.1, -0.05) is 52.5 Å².